The smallest absolute Gasteiger partial charge is 0.347 e. The van der Waals surface area contributed by atoms with Crippen molar-refractivity contribution in [1.29, 1.82) is 0 Å². The number of esters is 2. The first-order valence-corrected chi connectivity index (χ1v) is 12.4. The zero-order chi connectivity index (χ0) is 28.4. The van der Waals surface area contributed by atoms with Crippen LogP contribution in [-0.4, -0.2) is 57.3 Å². The van der Waals surface area contributed by atoms with Gasteiger partial charge in [0, 0.05) is 36.1 Å². The molecular weight excluding hydrogens is 508 g/mol. The van der Waals surface area contributed by atoms with E-state index in [0.717, 1.165) is 4.57 Å². The summed E-state index contributed by atoms with van der Waals surface area (Å²) in [5.41, 5.74) is -1.97. The molecule has 39 heavy (non-hydrogen) atoms. The molecule has 0 bridgehead atoms. The third kappa shape index (κ3) is 3.57. The van der Waals surface area contributed by atoms with Crippen LogP contribution in [0.5, 0.6) is 0 Å². The molecule has 3 aliphatic rings. The van der Waals surface area contributed by atoms with Gasteiger partial charge in [-0.25, -0.2) is 28.3 Å². The number of nitrogens with one attached hydrogen (secondary N) is 1. The van der Waals surface area contributed by atoms with E-state index in [4.69, 9.17) is 9.47 Å². The topological polar surface area (TPSA) is 148 Å². The lowest BCUT2D eigenvalue weighted by Gasteiger charge is -2.37. The Morgan fingerprint density at radius 2 is 1.64 bits per heavy atom. The van der Waals surface area contributed by atoms with E-state index in [9.17, 15) is 28.8 Å². The first-order chi connectivity index (χ1) is 18.5. The Labute approximate surface area is 222 Å². The molecule has 12 nitrogen and oxygen atoms in total. The van der Waals surface area contributed by atoms with Gasteiger partial charge in [0.2, 0.25) is 0 Å². The molecule has 1 amide bonds. The van der Waals surface area contributed by atoms with Crippen LogP contribution in [0.2, 0.25) is 0 Å². The van der Waals surface area contributed by atoms with Crippen molar-refractivity contribution in [2.75, 3.05) is 14.2 Å². The Morgan fingerprint density at radius 3 is 2.26 bits per heavy atom. The second-order valence-corrected chi connectivity index (χ2v) is 10.1. The average molecular weight is 537 g/mol. The minimum absolute atomic E-state index is 0.0765. The third-order valence-corrected chi connectivity index (χ3v) is 8.10. The molecule has 1 aromatic heterocycles. The number of hydrogen-bond donors (Lipinski definition) is 1. The van der Waals surface area contributed by atoms with Crippen molar-refractivity contribution >= 4 is 23.6 Å². The summed E-state index contributed by atoms with van der Waals surface area (Å²) in [6, 6.07) is 6.43. The number of amides is 1. The van der Waals surface area contributed by atoms with Crippen LogP contribution >= 0.6 is 0 Å². The summed E-state index contributed by atoms with van der Waals surface area (Å²) >= 11 is 0. The molecule has 1 aromatic carbocycles. The number of fused-ring (bicyclic) bond motifs is 2. The fraction of sp³-hybridized carbons (Fsp3) is 0.407. The van der Waals surface area contributed by atoms with Crippen molar-refractivity contribution in [2.24, 2.45) is 18.9 Å². The number of nitrogens with zero attached hydrogens (tertiary/aromatic N) is 3. The van der Waals surface area contributed by atoms with Crippen molar-refractivity contribution in [3.63, 3.8) is 0 Å². The standard InChI is InChI=1S/C27H28N4O8/c1-13-18-19-17(31-26(37)29(3)25(36)30(13)31)12-15(23(34)38-4)11-16(24(35)39-5)20(19)27(2,21(18)32)28-22(33)14-9-7-6-8-10-14/h6-11,13,16-17,20H,12H2,1-5H3,(H,28,33)/t13-,16+,17+,20?,27-/m0/s1. The minimum atomic E-state index is -1.68. The normalized spacial score (nSPS) is 27.2. The largest absolute Gasteiger partial charge is 0.469 e. The van der Waals surface area contributed by atoms with Crippen molar-refractivity contribution in [3.05, 3.63) is 79.7 Å². The zero-order valence-corrected chi connectivity index (χ0v) is 22.1. The van der Waals surface area contributed by atoms with Crippen LogP contribution in [0.1, 0.15) is 42.7 Å². The molecule has 204 valence electrons. The number of benzene rings is 1. The molecule has 2 heterocycles. The number of Topliss-reactive ketones (excluding diaryl/α,β-unsaturated/α-hetero) is 1. The van der Waals surface area contributed by atoms with Gasteiger partial charge in [0.15, 0.2) is 5.78 Å². The van der Waals surface area contributed by atoms with Crippen molar-refractivity contribution < 1.29 is 28.7 Å². The van der Waals surface area contributed by atoms with E-state index in [-0.39, 0.29) is 17.6 Å². The summed E-state index contributed by atoms with van der Waals surface area (Å²) in [5, 5.41) is 2.84. The predicted octanol–water partition coefficient (Wildman–Crippen LogP) is 0.441. The number of carbonyl (C=O) groups excluding carboxylic acids is 4. The zero-order valence-electron chi connectivity index (χ0n) is 22.1. The van der Waals surface area contributed by atoms with Gasteiger partial charge in [-0.05, 0) is 31.6 Å². The van der Waals surface area contributed by atoms with Crippen LogP contribution in [0.25, 0.3) is 0 Å². The Kier molecular flexibility index (Phi) is 6.08. The second-order valence-electron chi connectivity index (χ2n) is 10.1. The van der Waals surface area contributed by atoms with E-state index in [2.05, 4.69) is 5.32 Å². The van der Waals surface area contributed by atoms with Gasteiger partial charge in [0.1, 0.15) is 5.54 Å². The monoisotopic (exact) mass is 536 g/mol. The van der Waals surface area contributed by atoms with Gasteiger partial charge in [-0.15, -0.1) is 0 Å². The Morgan fingerprint density at radius 1 is 1.00 bits per heavy atom. The molecule has 1 N–H and O–H groups in total. The molecule has 0 saturated heterocycles. The van der Waals surface area contributed by atoms with Crippen molar-refractivity contribution in [1.82, 2.24) is 19.2 Å². The predicted molar refractivity (Wildman–Crippen MR) is 136 cm³/mol. The van der Waals surface area contributed by atoms with Gasteiger partial charge in [-0.2, -0.15) is 0 Å². The minimum Gasteiger partial charge on any atom is -0.469 e. The van der Waals surface area contributed by atoms with Gasteiger partial charge in [0.05, 0.1) is 32.2 Å². The van der Waals surface area contributed by atoms with Gasteiger partial charge >= 0.3 is 23.3 Å². The molecule has 0 saturated carbocycles. The lowest BCUT2D eigenvalue weighted by atomic mass is 9.74. The number of ketones is 1. The number of hydrogen-bond acceptors (Lipinski definition) is 8. The summed E-state index contributed by atoms with van der Waals surface area (Å²) in [4.78, 5) is 80.2. The van der Waals surface area contributed by atoms with E-state index in [0.29, 0.717) is 11.1 Å². The van der Waals surface area contributed by atoms with Gasteiger partial charge in [0.25, 0.3) is 5.91 Å². The molecule has 0 fully saturated rings. The first-order valence-electron chi connectivity index (χ1n) is 12.4. The van der Waals surface area contributed by atoms with Crippen LogP contribution in [-0.2, 0) is 30.9 Å². The number of ether oxygens (including phenoxy) is 2. The molecular formula is C27H28N4O8. The molecule has 1 aliphatic heterocycles. The van der Waals surface area contributed by atoms with E-state index >= 15 is 0 Å². The van der Waals surface area contributed by atoms with Crippen LogP contribution in [0.15, 0.2) is 62.7 Å². The van der Waals surface area contributed by atoms with Crippen molar-refractivity contribution in [3.8, 4) is 0 Å². The lowest BCUT2D eigenvalue weighted by molar-refractivity contribution is -0.146. The maximum absolute atomic E-state index is 14.3. The summed E-state index contributed by atoms with van der Waals surface area (Å²) in [6.45, 7) is 3.13. The van der Waals surface area contributed by atoms with E-state index in [1.807, 2.05) is 0 Å². The number of aromatic nitrogens is 3. The molecule has 0 radical (unpaired) electrons. The summed E-state index contributed by atoms with van der Waals surface area (Å²) in [7, 11) is 3.70. The quantitative estimate of drug-likeness (QED) is 0.554. The number of carbonyl (C=O) groups is 4. The molecule has 2 aliphatic carbocycles. The molecule has 5 rings (SSSR count). The highest BCUT2D eigenvalue weighted by atomic mass is 16.5. The molecule has 12 heteroatoms. The fourth-order valence-electron chi connectivity index (χ4n) is 6.30. The molecule has 1 unspecified atom stereocenters. The van der Waals surface area contributed by atoms with Crippen LogP contribution in [0.3, 0.4) is 0 Å². The first kappa shape index (κ1) is 26.1. The van der Waals surface area contributed by atoms with Crippen LogP contribution in [0.4, 0.5) is 0 Å². The van der Waals surface area contributed by atoms with Crippen LogP contribution < -0.4 is 16.7 Å². The highest BCUT2D eigenvalue weighted by Gasteiger charge is 2.62. The highest BCUT2D eigenvalue weighted by molar-refractivity contribution is 6.11. The maximum Gasteiger partial charge on any atom is 0.347 e. The number of methoxy groups -OCH3 is 2. The van der Waals surface area contributed by atoms with Gasteiger partial charge in [-0.3, -0.25) is 14.4 Å². The Balaban J connectivity index is 1.79. The second kappa shape index (κ2) is 9.07. The SMILES string of the molecule is COC(=O)C1=C[C@@H](C(=O)OC)C2C3=C(C(=O)[C@@]2(C)NC(=O)c2ccccc2)[C@H](C)n2c(=O)n(C)c(=O)n2[C@@H]3C1. The maximum atomic E-state index is 14.3. The number of rotatable bonds is 4. The molecule has 0 spiro atoms. The lowest BCUT2D eigenvalue weighted by Crippen LogP contribution is -2.57. The Hall–Kier alpha value is -4.48. The van der Waals surface area contributed by atoms with E-state index in [1.165, 1.54) is 43.6 Å². The van der Waals surface area contributed by atoms with E-state index in [1.54, 1.807) is 37.3 Å². The highest BCUT2D eigenvalue weighted by Crippen LogP contribution is 2.54. The summed E-state index contributed by atoms with van der Waals surface area (Å²) in [5.74, 6) is -4.71. The van der Waals surface area contributed by atoms with Crippen LogP contribution in [0, 0.1) is 11.8 Å². The summed E-state index contributed by atoms with van der Waals surface area (Å²) < 4.78 is 13.4. The Bertz CT molecular complexity index is 1610. The fourth-order valence-corrected chi connectivity index (χ4v) is 6.30. The van der Waals surface area contributed by atoms with E-state index < -0.39 is 64.5 Å². The summed E-state index contributed by atoms with van der Waals surface area (Å²) in [6.07, 6.45) is 1.26. The van der Waals surface area contributed by atoms with Gasteiger partial charge < -0.3 is 14.8 Å². The average Bonchev–Trinajstić information content (AvgIpc) is 3.20. The van der Waals surface area contributed by atoms with Crippen molar-refractivity contribution in [2.45, 2.75) is 37.9 Å². The van der Waals surface area contributed by atoms with Gasteiger partial charge in [-0.1, -0.05) is 24.3 Å². The molecule has 2 aromatic rings. The third-order valence-electron chi connectivity index (χ3n) is 8.10. The molecule has 5 atom stereocenters.